The fourth-order valence-corrected chi connectivity index (χ4v) is 6.70. The van der Waals surface area contributed by atoms with E-state index in [-0.39, 0.29) is 29.4 Å². The molecule has 3 heterocycles. The van der Waals surface area contributed by atoms with Gasteiger partial charge >= 0.3 is 0 Å². The van der Waals surface area contributed by atoms with E-state index in [9.17, 15) is 9.59 Å². The molecule has 4 aromatic rings. The van der Waals surface area contributed by atoms with E-state index in [4.69, 9.17) is 14.6 Å². The van der Waals surface area contributed by atoms with Crippen molar-refractivity contribution >= 4 is 29.4 Å². The highest BCUT2D eigenvalue weighted by atomic mass is 32.2. The van der Waals surface area contributed by atoms with Gasteiger partial charge in [-0.15, -0.1) is 11.8 Å². The molecule has 0 aliphatic carbocycles. The Bertz CT molecular complexity index is 1550. The number of aryl methyl sites for hydroxylation is 1. The quantitative estimate of drug-likeness (QED) is 0.330. The molecular weight excluding hydrogens is 536 g/mol. The van der Waals surface area contributed by atoms with Crippen molar-refractivity contribution in [3.05, 3.63) is 95.6 Å². The molecule has 0 saturated carbocycles. The minimum atomic E-state index is -0.166. The number of aromatic nitrogens is 2. The standard InChI is InChI=1S/C32H32N4O4S/c1-22-8-6-7-11-26(22)31-29-30(23-9-4-3-5-10-23)33-36(24-12-14-25(39-2)15-13-24)32(29)35(28(38)21-41-31)20-27(37)34-16-18-40-19-17-34/h3-15,31H,16-21H2,1-2H3/t31-/m0/s1. The van der Waals surface area contributed by atoms with Crippen molar-refractivity contribution in [3.8, 4) is 22.7 Å². The number of fused-ring (bicyclic) bond motifs is 1. The zero-order valence-corrected chi connectivity index (χ0v) is 24.0. The SMILES string of the molecule is COc1ccc(-n2nc(-c3ccccc3)c3c2N(CC(=O)N2CCOCC2)C(=O)CS[C@H]3c2ccccc2C)cc1. The molecule has 3 aromatic carbocycles. The summed E-state index contributed by atoms with van der Waals surface area (Å²) in [6.45, 7) is 4.06. The van der Waals surface area contributed by atoms with Gasteiger partial charge in [0.25, 0.3) is 0 Å². The van der Waals surface area contributed by atoms with Crippen LogP contribution in [0, 0.1) is 6.92 Å². The molecule has 8 nitrogen and oxygen atoms in total. The van der Waals surface area contributed by atoms with Gasteiger partial charge in [-0.25, -0.2) is 4.68 Å². The fraction of sp³-hybridized carbons (Fsp3) is 0.281. The summed E-state index contributed by atoms with van der Waals surface area (Å²) in [6.07, 6.45) is 0. The van der Waals surface area contributed by atoms with E-state index in [0.717, 1.165) is 39.4 Å². The Labute approximate surface area is 243 Å². The van der Waals surface area contributed by atoms with Crippen molar-refractivity contribution in [1.29, 1.82) is 0 Å². The van der Waals surface area contributed by atoms with E-state index in [1.165, 1.54) is 0 Å². The molecule has 1 atom stereocenters. The smallest absolute Gasteiger partial charge is 0.242 e. The molecule has 0 N–H and O–H groups in total. The van der Waals surface area contributed by atoms with Gasteiger partial charge in [0.05, 0.1) is 42.7 Å². The summed E-state index contributed by atoms with van der Waals surface area (Å²) in [6, 6.07) is 25.9. The molecule has 1 aromatic heterocycles. The molecule has 2 aliphatic rings. The zero-order chi connectivity index (χ0) is 28.3. The number of amides is 2. The molecule has 1 saturated heterocycles. The van der Waals surface area contributed by atoms with Gasteiger partial charge in [0.15, 0.2) is 0 Å². The summed E-state index contributed by atoms with van der Waals surface area (Å²) < 4.78 is 12.7. The predicted molar refractivity (Wildman–Crippen MR) is 161 cm³/mol. The first kappa shape index (κ1) is 27.1. The number of methoxy groups -OCH3 is 1. The first-order chi connectivity index (χ1) is 20.0. The van der Waals surface area contributed by atoms with E-state index in [1.807, 2.05) is 71.4 Å². The number of hydrogen-bond acceptors (Lipinski definition) is 6. The first-order valence-electron chi connectivity index (χ1n) is 13.7. The number of carbonyl (C=O) groups excluding carboxylic acids is 2. The van der Waals surface area contributed by atoms with Crippen LogP contribution in [0.3, 0.4) is 0 Å². The molecular formula is C32H32N4O4S. The van der Waals surface area contributed by atoms with E-state index in [0.29, 0.717) is 32.1 Å². The monoisotopic (exact) mass is 568 g/mol. The van der Waals surface area contributed by atoms with Crippen molar-refractivity contribution < 1.29 is 19.1 Å². The van der Waals surface area contributed by atoms with Crippen LogP contribution in [0.5, 0.6) is 5.75 Å². The van der Waals surface area contributed by atoms with E-state index in [2.05, 4.69) is 19.1 Å². The number of ether oxygens (including phenoxy) is 2. The molecule has 0 unspecified atom stereocenters. The second-order valence-corrected chi connectivity index (χ2v) is 11.2. The number of nitrogens with zero attached hydrogens (tertiary/aromatic N) is 4. The number of hydrogen-bond donors (Lipinski definition) is 0. The summed E-state index contributed by atoms with van der Waals surface area (Å²) >= 11 is 1.58. The molecule has 0 radical (unpaired) electrons. The first-order valence-corrected chi connectivity index (χ1v) is 14.8. The van der Waals surface area contributed by atoms with Crippen LogP contribution < -0.4 is 9.64 Å². The number of carbonyl (C=O) groups is 2. The van der Waals surface area contributed by atoms with Gasteiger partial charge in [-0.1, -0.05) is 54.6 Å². The average molecular weight is 569 g/mol. The zero-order valence-electron chi connectivity index (χ0n) is 23.2. The lowest BCUT2D eigenvalue weighted by atomic mass is 9.97. The van der Waals surface area contributed by atoms with Gasteiger partial charge in [-0.05, 0) is 42.3 Å². The van der Waals surface area contributed by atoms with E-state index in [1.54, 1.807) is 28.7 Å². The van der Waals surface area contributed by atoms with Gasteiger partial charge in [0.1, 0.15) is 18.1 Å². The Kier molecular flexibility index (Phi) is 7.80. The molecule has 2 amide bonds. The highest BCUT2D eigenvalue weighted by Gasteiger charge is 2.38. The number of rotatable bonds is 6. The van der Waals surface area contributed by atoms with Crippen LogP contribution in [0.2, 0.25) is 0 Å². The predicted octanol–water partition coefficient (Wildman–Crippen LogP) is 4.88. The molecule has 6 rings (SSSR count). The maximum atomic E-state index is 13.9. The van der Waals surface area contributed by atoms with Crippen molar-refractivity contribution in [1.82, 2.24) is 14.7 Å². The van der Waals surface area contributed by atoms with Gasteiger partial charge in [0.2, 0.25) is 11.8 Å². The van der Waals surface area contributed by atoms with Crippen LogP contribution in [-0.2, 0) is 14.3 Å². The average Bonchev–Trinajstić information content (AvgIpc) is 3.35. The largest absolute Gasteiger partial charge is 0.497 e. The minimum Gasteiger partial charge on any atom is -0.497 e. The topological polar surface area (TPSA) is 76.9 Å². The number of thioether (sulfide) groups is 1. The van der Waals surface area contributed by atoms with Crippen molar-refractivity contribution in [2.24, 2.45) is 0 Å². The van der Waals surface area contributed by atoms with Crippen LogP contribution >= 0.6 is 11.8 Å². The van der Waals surface area contributed by atoms with Crippen LogP contribution in [0.1, 0.15) is 21.9 Å². The van der Waals surface area contributed by atoms with Gasteiger partial charge in [-0.3, -0.25) is 14.5 Å². The Hall–Kier alpha value is -4.08. The highest BCUT2D eigenvalue weighted by Crippen LogP contribution is 2.49. The summed E-state index contributed by atoms with van der Waals surface area (Å²) in [5, 5.41) is 5.00. The Morgan fingerprint density at radius 2 is 1.71 bits per heavy atom. The summed E-state index contributed by atoms with van der Waals surface area (Å²) in [5.41, 5.74) is 5.69. The fourth-order valence-electron chi connectivity index (χ4n) is 5.41. The third kappa shape index (κ3) is 5.35. The lowest BCUT2D eigenvalue weighted by Crippen LogP contribution is -2.48. The van der Waals surface area contributed by atoms with Crippen LogP contribution in [-0.4, -0.2) is 72.2 Å². The van der Waals surface area contributed by atoms with E-state index >= 15 is 0 Å². The summed E-state index contributed by atoms with van der Waals surface area (Å²) in [7, 11) is 1.63. The normalized spacial score (nSPS) is 17.2. The Morgan fingerprint density at radius 1 is 1.00 bits per heavy atom. The van der Waals surface area contributed by atoms with Gasteiger partial charge in [0, 0.05) is 24.2 Å². The minimum absolute atomic E-state index is 0.0665. The lowest BCUT2D eigenvalue weighted by molar-refractivity contribution is -0.134. The van der Waals surface area contributed by atoms with Crippen molar-refractivity contribution in [2.75, 3.05) is 50.6 Å². The maximum Gasteiger partial charge on any atom is 0.242 e. The van der Waals surface area contributed by atoms with Crippen LogP contribution in [0.15, 0.2) is 78.9 Å². The molecule has 0 bridgehead atoms. The number of anilines is 1. The second kappa shape index (κ2) is 11.8. The molecule has 0 spiro atoms. The van der Waals surface area contributed by atoms with Gasteiger partial charge in [-0.2, -0.15) is 5.10 Å². The molecule has 210 valence electrons. The van der Waals surface area contributed by atoms with Crippen molar-refractivity contribution in [2.45, 2.75) is 12.2 Å². The molecule has 41 heavy (non-hydrogen) atoms. The van der Waals surface area contributed by atoms with Crippen molar-refractivity contribution in [3.63, 3.8) is 0 Å². The van der Waals surface area contributed by atoms with E-state index < -0.39 is 0 Å². The summed E-state index contributed by atoms with van der Waals surface area (Å²) in [5.74, 6) is 1.36. The third-order valence-corrected chi connectivity index (χ3v) is 8.82. The molecule has 1 fully saturated rings. The maximum absolute atomic E-state index is 13.9. The number of morpholine rings is 1. The molecule has 2 aliphatic heterocycles. The van der Waals surface area contributed by atoms with Crippen LogP contribution in [0.4, 0.5) is 5.82 Å². The molecule has 9 heteroatoms. The highest BCUT2D eigenvalue weighted by molar-refractivity contribution is 8.00. The second-order valence-electron chi connectivity index (χ2n) is 10.1. The summed E-state index contributed by atoms with van der Waals surface area (Å²) in [4.78, 5) is 30.9. The number of benzene rings is 3. The third-order valence-electron chi connectivity index (χ3n) is 7.58. The Morgan fingerprint density at radius 3 is 2.41 bits per heavy atom. The van der Waals surface area contributed by atoms with Gasteiger partial charge < -0.3 is 14.4 Å². The Balaban J connectivity index is 1.59. The van der Waals surface area contributed by atoms with Crippen LogP contribution in [0.25, 0.3) is 16.9 Å². The lowest BCUT2D eigenvalue weighted by Gasteiger charge is -2.30.